The molecule has 18 heavy (non-hydrogen) atoms. The summed E-state index contributed by atoms with van der Waals surface area (Å²) in [6.07, 6.45) is 1.65. The van der Waals surface area contributed by atoms with Crippen molar-refractivity contribution in [2.45, 2.75) is 12.8 Å². The van der Waals surface area contributed by atoms with Gasteiger partial charge in [0.2, 0.25) is 5.91 Å². The van der Waals surface area contributed by atoms with Gasteiger partial charge in [0, 0.05) is 13.2 Å². The molecule has 1 aromatic rings. The van der Waals surface area contributed by atoms with Crippen LogP contribution in [0, 0.1) is 5.92 Å². The Morgan fingerprint density at radius 3 is 3.17 bits per heavy atom. The summed E-state index contributed by atoms with van der Waals surface area (Å²) in [7, 11) is 1.65. The van der Waals surface area contributed by atoms with Crippen LogP contribution in [0.2, 0.25) is 0 Å². The minimum atomic E-state index is 0.0373. The molecule has 2 rings (SSSR count). The minimum absolute atomic E-state index is 0.0373. The summed E-state index contributed by atoms with van der Waals surface area (Å²) in [6.45, 7) is 1.92. The maximum Gasteiger partial charge on any atom is 0.225 e. The second-order valence-electron chi connectivity index (χ2n) is 4.45. The lowest BCUT2D eigenvalue weighted by Gasteiger charge is -2.09. The lowest BCUT2D eigenvalue weighted by molar-refractivity contribution is -0.124. The minimum Gasteiger partial charge on any atom is -0.497 e. The van der Waals surface area contributed by atoms with Crippen molar-refractivity contribution in [1.29, 1.82) is 0 Å². The highest BCUT2D eigenvalue weighted by Crippen LogP contribution is 2.13. The van der Waals surface area contributed by atoms with Crippen molar-refractivity contribution in [3.8, 4) is 5.75 Å². The van der Waals surface area contributed by atoms with Gasteiger partial charge in [0.05, 0.1) is 19.6 Å². The van der Waals surface area contributed by atoms with Crippen LogP contribution in [0.1, 0.15) is 12.0 Å². The molecule has 0 radical (unpaired) electrons. The molecule has 1 aliphatic rings. The van der Waals surface area contributed by atoms with E-state index in [1.54, 1.807) is 7.11 Å². The smallest absolute Gasteiger partial charge is 0.225 e. The predicted molar refractivity (Wildman–Crippen MR) is 68.6 cm³/mol. The number of benzene rings is 1. The zero-order chi connectivity index (χ0) is 12.8. The fourth-order valence-electron chi connectivity index (χ4n) is 2.04. The van der Waals surface area contributed by atoms with Crippen molar-refractivity contribution in [3.63, 3.8) is 0 Å². The van der Waals surface area contributed by atoms with Crippen LogP contribution in [0.25, 0.3) is 0 Å². The van der Waals surface area contributed by atoms with E-state index in [-0.39, 0.29) is 11.8 Å². The zero-order valence-corrected chi connectivity index (χ0v) is 10.6. The van der Waals surface area contributed by atoms with Gasteiger partial charge in [0.1, 0.15) is 5.75 Å². The number of amides is 1. The molecule has 0 aliphatic carbocycles. The van der Waals surface area contributed by atoms with Gasteiger partial charge >= 0.3 is 0 Å². The van der Waals surface area contributed by atoms with Crippen molar-refractivity contribution in [2.24, 2.45) is 5.92 Å². The molecule has 1 amide bonds. The molecule has 4 heteroatoms. The van der Waals surface area contributed by atoms with E-state index in [2.05, 4.69) is 5.32 Å². The molecule has 1 aromatic carbocycles. The van der Waals surface area contributed by atoms with E-state index >= 15 is 0 Å². The first-order valence-electron chi connectivity index (χ1n) is 6.28. The van der Waals surface area contributed by atoms with Gasteiger partial charge in [0.25, 0.3) is 0 Å². The Labute approximate surface area is 107 Å². The van der Waals surface area contributed by atoms with E-state index in [0.717, 1.165) is 24.2 Å². The van der Waals surface area contributed by atoms with Gasteiger partial charge in [-0.05, 0) is 30.5 Å². The molecular formula is C14H19NO3. The average molecular weight is 249 g/mol. The molecule has 0 bridgehead atoms. The van der Waals surface area contributed by atoms with E-state index in [4.69, 9.17) is 9.47 Å². The largest absolute Gasteiger partial charge is 0.497 e. The molecule has 1 fully saturated rings. The highest BCUT2D eigenvalue weighted by atomic mass is 16.5. The molecule has 1 atom stereocenters. The lowest BCUT2D eigenvalue weighted by atomic mass is 10.1. The van der Waals surface area contributed by atoms with Crippen molar-refractivity contribution < 1.29 is 14.3 Å². The van der Waals surface area contributed by atoms with Crippen LogP contribution in [0.15, 0.2) is 24.3 Å². The van der Waals surface area contributed by atoms with Crippen molar-refractivity contribution in [1.82, 2.24) is 5.32 Å². The molecule has 0 saturated carbocycles. The van der Waals surface area contributed by atoms with Gasteiger partial charge < -0.3 is 14.8 Å². The first-order chi connectivity index (χ1) is 8.79. The quantitative estimate of drug-likeness (QED) is 0.858. The SMILES string of the molecule is COc1cccc(CCNC(=O)C2CCOC2)c1. The topological polar surface area (TPSA) is 47.6 Å². The molecule has 1 aliphatic heterocycles. The van der Waals surface area contributed by atoms with Crippen LogP contribution in [-0.2, 0) is 16.0 Å². The molecule has 1 heterocycles. The van der Waals surface area contributed by atoms with Crippen molar-refractivity contribution >= 4 is 5.91 Å². The van der Waals surface area contributed by atoms with Crippen LogP contribution >= 0.6 is 0 Å². The van der Waals surface area contributed by atoms with Gasteiger partial charge in [-0.1, -0.05) is 12.1 Å². The number of carbonyl (C=O) groups excluding carboxylic acids is 1. The molecule has 98 valence electrons. The number of nitrogens with one attached hydrogen (secondary N) is 1. The Balaban J connectivity index is 1.75. The fourth-order valence-corrected chi connectivity index (χ4v) is 2.04. The Hall–Kier alpha value is -1.55. The lowest BCUT2D eigenvalue weighted by Crippen LogP contribution is -2.32. The zero-order valence-electron chi connectivity index (χ0n) is 10.6. The van der Waals surface area contributed by atoms with Gasteiger partial charge in [-0.25, -0.2) is 0 Å². The number of ether oxygens (including phenoxy) is 2. The fraction of sp³-hybridized carbons (Fsp3) is 0.500. The Morgan fingerprint density at radius 2 is 2.44 bits per heavy atom. The van der Waals surface area contributed by atoms with Crippen LogP contribution < -0.4 is 10.1 Å². The molecule has 0 spiro atoms. The highest BCUT2D eigenvalue weighted by Gasteiger charge is 2.22. The summed E-state index contributed by atoms with van der Waals surface area (Å²) >= 11 is 0. The number of hydrogen-bond donors (Lipinski definition) is 1. The predicted octanol–water partition coefficient (Wildman–Crippen LogP) is 1.39. The molecule has 1 unspecified atom stereocenters. The summed E-state index contributed by atoms with van der Waals surface area (Å²) in [5, 5.41) is 2.95. The summed E-state index contributed by atoms with van der Waals surface area (Å²) < 4.78 is 10.4. The highest BCUT2D eigenvalue weighted by molar-refractivity contribution is 5.78. The maximum absolute atomic E-state index is 11.7. The number of rotatable bonds is 5. The van der Waals surface area contributed by atoms with Crippen LogP contribution in [0.3, 0.4) is 0 Å². The molecular weight excluding hydrogens is 230 g/mol. The van der Waals surface area contributed by atoms with Gasteiger partial charge in [-0.3, -0.25) is 4.79 Å². The molecule has 1 saturated heterocycles. The maximum atomic E-state index is 11.7. The number of carbonyl (C=O) groups is 1. The van der Waals surface area contributed by atoms with E-state index in [0.29, 0.717) is 19.8 Å². The Kier molecular flexibility index (Phi) is 4.59. The van der Waals surface area contributed by atoms with Gasteiger partial charge in [0.15, 0.2) is 0 Å². The molecule has 0 aromatic heterocycles. The summed E-state index contributed by atoms with van der Waals surface area (Å²) in [6, 6.07) is 7.90. The normalized spacial score (nSPS) is 18.6. The second kappa shape index (κ2) is 6.40. The van der Waals surface area contributed by atoms with Crippen LogP contribution in [0.4, 0.5) is 0 Å². The summed E-state index contributed by atoms with van der Waals surface area (Å²) in [4.78, 5) is 11.7. The summed E-state index contributed by atoms with van der Waals surface area (Å²) in [5.41, 5.74) is 1.16. The van der Waals surface area contributed by atoms with Crippen LogP contribution in [-0.4, -0.2) is 32.8 Å². The number of methoxy groups -OCH3 is 1. The third-order valence-electron chi connectivity index (χ3n) is 3.15. The van der Waals surface area contributed by atoms with Crippen molar-refractivity contribution in [2.75, 3.05) is 26.9 Å². The average Bonchev–Trinajstić information content (AvgIpc) is 2.93. The molecule has 1 N–H and O–H groups in total. The van der Waals surface area contributed by atoms with Crippen LogP contribution in [0.5, 0.6) is 5.75 Å². The Bertz CT molecular complexity index is 400. The van der Waals surface area contributed by atoms with E-state index in [1.807, 2.05) is 24.3 Å². The third kappa shape index (κ3) is 3.47. The van der Waals surface area contributed by atoms with Gasteiger partial charge in [-0.15, -0.1) is 0 Å². The first kappa shape index (κ1) is 12.9. The van der Waals surface area contributed by atoms with E-state index in [9.17, 15) is 4.79 Å². The van der Waals surface area contributed by atoms with E-state index in [1.165, 1.54) is 0 Å². The first-order valence-corrected chi connectivity index (χ1v) is 6.28. The molecule has 4 nitrogen and oxygen atoms in total. The monoisotopic (exact) mass is 249 g/mol. The van der Waals surface area contributed by atoms with E-state index < -0.39 is 0 Å². The van der Waals surface area contributed by atoms with Gasteiger partial charge in [-0.2, -0.15) is 0 Å². The standard InChI is InChI=1S/C14H19NO3/c1-17-13-4-2-3-11(9-13)5-7-15-14(16)12-6-8-18-10-12/h2-4,9,12H,5-8,10H2,1H3,(H,15,16). The van der Waals surface area contributed by atoms with Crippen molar-refractivity contribution in [3.05, 3.63) is 29.8 Å². The second-order valence-corrected chi connectivity index (χ2v) is 4.45. The third-order valence-corrected chi connectivity index (χ3v) is 3.15. The Morgan fingerprint density at radius 1 is 1.56 bits per heavy atom. The summed E-state index contributed by atoms with van der Waals surface area (Å²) in [5.74, 6) is 0.994. The number of hydrogen-bond acceptors (Lipinski definition) is 3.